The predicted octanol–water partition coefficient (Wildman–Crippen LogP) is 2.16. The molecule has 23 heavy (non-hydrogen) atoms. The van der Waals surface area contributed by atoms with Crippen LogP contribution in [0.25, 0.3) is 0 Å². The average molecular weight is 332 g/mol. The summed E-state index contributed by atoms with van der Waals surface area (Å²) in [4.78, 5) is 17.2. The van der Waals surface area contributed by atoms with Gasteiger partial charge in [0, 0.05) is 11.1 Å². The highest BCUT2D eigenvalue weighted by atomic mass is 32.1. The number of pyridine rings is 1. The van der Waals surface area contributed by atoms with Crippen LogP contribution in [0.4, 0.5) is 0 Å². The van der Waals surface area contributed by atoms with Crippen LogP contribution in [-0.2, 0) is 11.2 Å². The third-order valence-electron chi connectivity index (χ3n) is 3.98. The van der Waals surface area contributed by atoms with Crippen molar-refractivity contribution >= 4 is 17.2 Å². The molecule has 2 heterocycles. The van der Waals surface area contributed by atoms with E-state index in [1.807, 2.05) is 23.6 Å². The van der Waals surface area contributed by atoms with Gasteiger partial charge in [-0.05, 0) is 42.8 Å². The Morgan fingerprint density at radius 1 is 1.39 bits per heavy atom. The number of nitrogens with one attached hydrogen (secondary N) is 1. The van der Waals surface area contributed by atoms with E-state index in [-0.39, 0.29) is 18.1 Å². The Morgan fingerprint density at radius 3 is 3.04 bits per heavy atom. The summed E-state index contributed by atoms with van der Waals surface area (Å²) in [6.07, 6.45) is 5.08. The molecule has 0 spiro atoms. The highest BCUT2D eigenvalue weighted by Crippen LogP contribution is 2.24. The van der Waals surface area contributed by atoms with Gasteiger partial charge in [0.05, 0.1) is 18.7 Å². The maximum absolute atomic E-state index is 12.1. The van der Waals surface area contributed by atoms with E-state index >= 15 is 0 Å². The van der Waals surface area contributed by atoms with Gasteiger partial charge in [0.1, 0.15) is 18.0 Å². The number of carbonyl (C=O) groups is 1. The number of aliphatic hydroxyl groups excluding tert-OH is 1. The number of aromatic nitrogens is 1. The molecule has 122 valence electrons. The number of thiophene rings is 1. The largest absolute Gasteiger partial charge is 0.486 e. The third-order valence-corrected chi connectivity index (χ3v) is 4.86. The van der Waals surface area contributed by atoms with Crippen molar-refractivity contribution in [3.63, 3.8) is 0 Å². The molecular weight excluding hydrogens is 312 g/mol. The Morgan fingerprint density at radius 2 is 2.30 bits per heavy atom. The van der Waals surface area contributed by atoms with Gasteiger partial charge in [0.25, 0.3) is 0 Å². The van der Waals surface area contributed by atoms with Gasteiger partial charge in [-0.3, -0.25) is 9.78 Å². The van der Waals surface area contributed by atoms with E-state index in [9.17, 15) is 9.90 Å². The first-order valence-corrected chi connectivity index (χ1v) is 8.67. The second-order valence-corrected chi connectivity index (χ2v) is 6.73. The third kappa shape index (κ3) is 4.30. The van der Waals surface area contributed by atoms with Crippen molar-refractivity contribution in [3.8, 4) is 5.75 Å². The lowest BCUT2D eigenvalue weighted by molar-refractivity contribution is -0.123. The monoisotopic (exact) mass is 332 g/mol. The Hall–Kier alpha value is -1.92. The van der Waals surface area contributed by atoms with Crippen molar-refractivity contribution < 1.29 is 14.6 Å². The summed E-state index contributed by atoms with van der Waals surface area (Å²) in [5.41, 5.74) is 0. The standard InChI is InChI=1S/C17H20N2O3S/c20-16(10-13-5-3-9-23-13)19-14-6-1-7-15(17(14)21)22-12-4-2-8-18-11-12/h2-5,8-9,11,14-15,17,21H,1,6-7,10H2,(H,19,20)/t14-,15-,17-/m1/s1. The molecule has 1 amide bonds. The van der Waals surface area contributed by atoms with E-state index in [0.29, 0.717) is 12.2 Å². The molecule has 6 heteroatoms. The first-order valence-electron chi connectivity index (χ1n) is 7.79. The zero-order valence-electron chi connectivity index (χ0n) is 12.7. The van der Waals surface area contributed by atoms with Gasteiger partial charge in [0.15, 0.2) is 0 Å². The summed E-state index contributed by atoms with van der Waals surface area (Å²) in [6, 6.07) is 7.22. The van der Waals surface area contributed by atoms with Crippen molar-refractivity contribution in [3.05, 3.63) is 46.9 Å². The minimum atomic E-state index is -0.712. The predicted molar refractivity (Wildman–Crippen MR) is 88.5 cm³/mol. The fourth-order valence-electron chi connectivity index (χ4n) is 2.85. The number of aliphatic hydroxyl groups is 1. The van der Waals surface area contributed by atoms with Gasteiger partial charge in [-0.25, -0.2) is 0 Å². The maximum Gasteiger partial charge on any atom is 0.225 e. The van der Waals surface area contributed by atoms with E-state index in [2.05, 4.69) is 10.3 Å². The van der Waals surface area contributed by atoms with Crippen molar-refractivity contribution in [1.29, 1.82) is 0 Å². The van der Waals surface area contributed by atoms with E-state index in [1.165, 1.54) is 0 Å². The molecule has 0 saturated heterocycles. The molecule has 1 aliphatic rings. The van der Waals surface area contributed by atoms with Gasteiger partial charge in [-0.1, -0.05) is 6.07 Å². The molecule has 1 fully saturated rings. The first kappa shape index (κ1) is 16.0. The summed E-state index contributed by atoms with van der Waals surface area (Å²) >= 11 is 1.56. The van der Waals surface area contributed by atoms with Gasteiger partial charge < -0.3 is 15.2 Å². The summed E-state index contributed by atoms with van der Waals surface area (Å²) in [5, 5.41) is 15.4. The molecule has 0 aromatic carbocycles. The SMILES string of the molecule is O=C(Cc1cccs1)N[C@@H]1CCC[C@@H](Oc2cccnc2)[C@@H]1O. The molecule has 0 radical (unpaired) electrons. The van der Waals surface area contributed by atoms with Crippen LogP contribution in [0.1, 0.15) is 24.1 Å². The molecule has 3 atom stereocenters. The number of hydrogen-bond acceptors (Lipinski definition) is 5. The van der Waals surface area contributed by atoms with Crippen LogP contribution in [0.5, 0.6) is 5.75 Å². The molecular formula is C17H20N2O3S. The molecule has 1 saturated carbocycles. The number of hydrogen-bond donors (Lipinski definition) is 2. The molecule has 5 nitrogen and oxygen atoms in total. The molecule has 2 aromatic heterocycles. The maximum atomic E-state index is 12.1. The highest BCUT2D eigenvalue weighted by Gasteiger charge is 2.34. The van der Waals surface area contributed by atoms with Crippen molar-refractivity contribution in [2.75, 3.05) is 0 Å². The molecule has 1 aliphatic carbocycles. The minimum Gasteiger partial charge on any atom is -0.486 e. The Bertz CT molecular complexity index is 618. The van der Waals surface area contributed by atoms with Crippen LogP contribution in [0, 0.1) is 0 Å². The Kier molecular flexibility index (Phi) is 5.25. The zero-order chi connectivity index (χ0) is 16.1. The molecule has 2 aromatic rings. The molecule has 0 bridgehead atoms. The summed E-state index contributed by atoms with van der Waals surface area (Å²) in [5.74, 6) is 0.584. The van der Waals surface area contributed by atoms with Gasteiger partial charge in [-0.2, -0.15) is 0 Å². The van der Waals surface area contributed by atoms with Gasteiger partial charge in [-0.15, -0.1) is 11.3 Å². The Labute approximate surface area is 139 Å². The Balaban J connectivity index is 1.56. The lowest BCUT2D eigenvalue weighted by Crippen LogP contribution is -2.53. The number of rotatable bonds is 5. The quantitative estimate of drug-likeness (QED) is 0.880. The van der Waals surface area contributed by atoms with Crippen molar-refractivity contribution in [1.82, 2.24) is 10.3 Å². The zero-order valence-corrected chi connectivity index (χ0v) is 13.5. The van der Waals surface area contributed by atoms with Crippen molar-refractivity contribution in [2.24, 2.45) is 0 Å². The summed E-state index contributed by atoms with van der Waals surface area (Å²) < 4.78 is 5.82. The van der Waals surface area contributed by atoms with E-state index in [4.69, 9.17) is 4.74 Å². The highest BCUT2D eigenvalue weighted by molar-refractivity contribution is 7.10. The van der Waals surface area contributed by atoms with Crippen LogP contribution < -0.4 is 10.1 Å². The summed E-state index contributed by atoms with van der Waals surface area (Å²) in [6.45, 7) is 0. The first-order chi connectivity index (χ1) is 11.2. The molecule has 0 unspecified atom stereocenters. The van der Waals surface area contributed by atoms with Gasteiger partial charge >= 0.3 is 0 Å². The van der Waals surface area contributed by atoms with E-state index in [1.54, 1.807) is 29.8 Å². The number of ether oxygens (including phenoxy) is 1. The van der Waals surface area contributed by atoms with E-state index < -0.39 is 6.10 Å². The summed E-state index contributed by atoms with van der Waals surface area (Å²) in [7, 11) is 0. The number of carbonyl (C=O) groups excluding carboxylic acids is 1. The topological polar surface area (TPSA) is 71.5 Å². The lowest BCUT2D eigenvalue weighted by Gasteiger charge is -2.35. The van der Waals surface area contributed by atoms with Crippen molar-refractivity contribution in [2.45, 2.75) is 43.9 Å². The minimum absolute atomic E-state index is 0.0569. The lowest BCUT2D eigenvalue weighted by atomic mass is 9.89. The molecule has 2 N–H and O–H groups in total. The van der Waals surface area contributed by atoms with Crippen LogP contribution in [0.2, 0.25) is 0 Å². The van der Waals surface area contributed by atoms with Crippen LogP contribution >= 0.6 is 11.3 Å². The van der Waals surface area contributed by atoms with Crippen LogP contribution in [0.15, 0.2) is 42.0 Å². The fourth-order valence-corrected chi connectivity index (χ4v) is 3.55. The molecule has 0 aliphatic heterocycles. The second-order valence-electron chi connectivity index (χ2n) is 5.70. The van der Waals surface area contributed by atoms with Crippen LogP contribution in [-0.4, -0.2) is 34.2 Å². The number of nitrogens with zero attached hydrogens (tertiary/aromatic N) is 1. The normalized spacial score (nSPS) is 24.1. The second kappa shape index (κ2) is 7.57. The van der Waals surface area contributed by atoms with E-state index in [0.717, 1.165) is 24.1 Å². The average Bonchev–Trinajstić information content (AvgIpc) is 3.05. The number of amides is 1. The van der Waals surface area contributed by atoms with Gasteiger partial charge in [0.2, 0.25) is 5.91 Å². The smallest absolute Gasteiger partial charge is 0.225 e. The van der Waals surface area contributed by atoms with Crippen LogP contribution in [0.3, 0.4) is 0 Å². The fraction of sp³-hybridized carbons (Fsp3) is 0.412. The molecule has 3 rings (SSSR count).